The molecule has 0 atom stereocenters. The molecule has 2 rings (SSSR count). The number of phenols is 1. The smallest absolute Gasteiger partial charge is 0.317 e. The number of carbonyl (C=O) groups excluding carboxylic acids is 1. The molecule has 1 amide bonds. The van der Waals surface area contributed by atoms with Crippen molar-refractivity contribution in [1.29, 1.82) is 0 Å². The van der Waals surface area contributed by atoms with E-state index >= 15 is 0 Å². The van der Waals surface area contributed by atoms with Gasteiger partial charge in [-0.25, -0.2) is 0 Å². The second-order valence-corrected chi connectivity index (χ2v) is 5.79. The van der Waals surface area contributed by atoms with Crippen molar-refractivity contribution in [2.24, 2.45) is 0 Å². The first kappa shape index (κ1) is 15.0. The summed E-state index contributed by atoms with van der Waals surface area (Å²) in [4.78, 5) is 26.4. The van der Waals surface area contributed by atoms with Crippen LogP contribution in [0.1, 0.15) is 10.4 Å². The van der Waals surface area contributed by atoms with E-state index in [9.17, 15) is 14.7 Å². The molecule has 1 aliphatic rings. The molecule has 0 aliphatic carbocycles. The molecule has 1 fully saturated rings. The van der Waals surface area contributed by atoms with E-state index < -0.39 is 5.97 Å². The van der Waals surface area contributed by atoms with Gasteiger partial charge in [-0.3, -0.25) is 14.5 Å². The topological polar surface area (TPSA) is 81.1 Å². The van der Waals surface area contributed by atoms with Gasteiger partial charge < -0.3 is 15.1 Å². The number of piperazine rings is 1. The molecule has 2 N–H and O–H groups in total. The third-order valence-electron chi connectivity index (χ3n) is 3.21. The van der Waals surface area contributed by atoms with Gasteiger partial charge in [0.1, 0.15) is 5.75 Å². The molecule has 0 saturated carbocycles. The number of nitrogens with zero attached hydrogens (tertiary/aromatic N) is 2. The maximum absolute atomic E-state index is 12.3. The van der Waals surface area contributed by atoms with Gasteiger partial charge in [-0.1, -0.05) is 0 Å². The molecule has 0 aromatic heterocycles. The molecule has 0 bridgehead atoms. The van der Waals surface area contributed by atoms with Crippen LogP contribution in [0.15, 0.2) is 18.2 Å². The number of amides is 1. The number of carboxylic acids is 1. The average Bonchev–Trinajstić information content (AvgIpc) is 2.41. The van der Waals surface area contributed by atoms with E-state index in [-0.39, 0.29) is 18.2 Å². The van der Waals surface area contributed by atoms with Gasteiger partial charge in [0.2, 0.25) is 0 Å². The fourth-order valence-electron chi connectivity index (χ4n) is 2.13. The van der Waals surface area contributed by atoms with Crippen molar-refractivity contribution in [2.75, 3.05) is 32.7 Å². The Bertz CT molecular complexity index is 527. The Balaban J connectivity index is 1.97. The van der Waals surface area contributed by atoms with Crippen molar-refractivity contribution >= 4 is 34.5 Å². The van der Waals surface area contributed by atoms with Gasteiger partial charge in [-0.15, -0.1) is 0 Å². The molecule has 0 spiro atoms. The number of benzene rings is 1. The molecule has 1 aromatic rings. The van der Waals surface area contributed by atoms with Crippen LogP contribution in [0.4, 0.5) is 0 Å². The number of rotatable bonds is 3. The summed E-state index contributed by atoms with van der Waals surface area (Å²) in [5, 5.41) is 18.4. The summed E-state index contributed by atoms with van der Waals surface area (Å²) in [6.45, 7) is 2.10. The van der Waals surface area contributed by atoms with E-state index in [0.717, 1.165) is 0 Å². The standard InChI is InChI=1S/C13H15IN2O4/c14-10-2-1-9(7-11(10)17)13(20)16-5-3-15(4-6-16)8-12(18)19/h1-2,7,17H,3-6,8H2,(H,18,19). The highest BCUT2D eigenvalue weighted by atomic mass is 127. The zero-order valence-corrected chi connectivity index (χ0v) is 12.9. The Hall–Kier alpha value is -1.35. The van der Waals surface area contributed by atoms with Crippen LogP contribution in [0, 0.1) is 3.57 Å². The molecule has 0 unspecified atom stereocenters. The highest BCUT2D eigenvalue weighted by Gasteiger charge is 2.23. The number of carbonyl (C=O) groups is 2. The molecule has 1 saturated heterocycles. The minimum atomic E-state index is -0.854. The summed E-state index contributed by atoms with van der Waals surface area (Å²) in [6, 6.07) is 4.85. The number of carboxylic acid groups (broad SMARTS) is 1. The number of phenolic OH excluding ortho intramolecular Hbond substituents is 1. The average molecular weight is 390 g/mol. The van der Waals surface area contributed by atoms with Gasteiger partial charge >= 0.3 is 5.97 Å². The van der Waals surface area contributed by atoms with Crippen LogP contribution < -0.4 is 0 Å². The summed E-state index contributed by atoms with van der Waals surface area (Å²) in [5.74, 6) is -0.889. The van der Waals surface area contributed by atoms with Gasteiger partial charge in [0.25, 0.3) is 5.91 Å². The number of aromatic hydroxyl groups is 1. The lowest BCUT2D eigenvalue weighted by Gasteiger charge is -2.33. The minimum Gasteiger partial charge on any atom is -0.507 e. The van der Waals surface area contributed by atoms with Crippen molar-refractivity contribution in [3.63, 3.8) is 0 Å². The third kappa shape index (κ3) is 3.60. The molecule has 1 aliphatic heterocycles. The van der Waals surface area contributed by atoms with Crippen molar-refractivity contribution in [1.82, 2.24) is 9.80 Å². The Labute approximate surface area is 130 Å². The quantitative estimate of drug-likeness (QED) is 0.748. The summed E-state index contributed by atoms with van der Waals surface area (Å²) >= 11 is 2.00. The highest BCUT2D eigenvalue weighted by molar-refractivity contribution is 14.1. The Kier molecular flexibility index (Phi) is 4.81. The monoisotopic (exact) mass is 390 g/mol. The lowest BCUT2D eigenvalue weighted by molar-refractivity contribution is -0.138. The van der Waals surface area contributed by atoms with Gasteiger partial charge in [-0.05, 0) is 40.8 Å². The molecule has 1 heterocycles. The van der Waals surface area contributed by atoms with Gasteiger partial charge in [0.15, 0.2) is 0 Å². The van der Waals surface area contributed by atoms with E-state index in [1.54, 1.807) is 21.9 Å². The maximum atomic E-state index is 12.3. The molecule has 7 heteroatoms. The van der Waals surface area contributed by atoms with Crippen LogP contribution in [0.5, 0.6) is 5.75 Å². The number of hydrogen-bond donors (Lipinski definition) is 2. The van der Waals surface area contributed by atoms with Crippen LogP contribution in [0.2, 0.25) is 0 Å². The lowest BCUT2D eigenvalue weighted by Crippen LogP contribution is -2.49. The fourth-order valence-corrected chi connectivity index (χ4v) is 2.46. The second kappa shape index (κ2) is 6.40. The van der Waals surface area contributed by atoms with E-state index in [0.29, 0.717) is 35.3 Å². The Morgan fingerprint density at radius 3 is 2.40 bits per heavy atom. The summed E-state index contributed by atoms with van der Waals surface area (Å²) in [6.07, 6.45) is 0. The van der Waals surface area contributed by atoms with Crippen LogP contribution in [-0.4, -0.2) is 64.6 Å². The molecule has 20 heavy (non-hydrogen) atoms. The molecule has 0 radical (unpaired) electrons. The van der Waals surface area contributed by atoms with E-state index in [1.807, 2.05) is 22.6 Å². The Morgan fingerprint density at radius 2 is 1.85 bits per heavy atom. The SMILES string of the molecule is O=C(O)CN1CCN(C(=O)c2ccc(I)c(O)c2)CC1. The normalized spacial score (nSPS) is 16.1. The van der Waals surface area contributed by atoms with Crippen LogP contribution in [-0.2, 0) is 4.79 Å². The Morgan fingerprint density at radius 1 is 1.20 bits per heavy atom. The van der Waals surface area contributed by atoms with Crippen LogP contribution in [0.3, 0.4) is 0 Å². The summed E-state index contributed by atoms with van der Waals surface area (Å²) in [5.41, 5.74) is 0.453. The van der Waals surface area contributed by atoms with Crippen molar-refractivity contribution in [2.45, 2.75) is 0 Å². The first-order valence-electron chi connectivity index (χ1n) is 6.19. The largest absolute Gasteiger partial charge is 0.507 e. The zero-order chi connectivity index (χ0) is 14.7. The maximum Gasteiger partial charge on any atom is 0.317 e. The van der Waals surface area contributed by atoms with Gasteiger partial charge in [0.05, 0.1) is 10.1 Å². The van der Waals surface area contributed by atoms with Crippen molar-refractivity contribution in [3.8, 4) is 5.75 Å². The zero-order valence-electron chi connectivity index (χ0n) is 10.8. The molecule has 6 nitrogen and oxygen atoms in total. The predicted octanol–water partition coefficient (Wildman–Crippen LogP) is 0.839. The number of halogens is 1. The first-order chi connectivity index (χ1) is 9.47. The predicted molar refractivity (Wildman–Crippen MR) is 80.8 cm³/mol. The molecule has 1 aromatic carbocycles. The summed E-state index contributed by atoms with van der Waals surface area (Å²) < 4.78 is 0.699. The number of hydrogen-bond acceptors (Lipinski definition) is 4. The van der Waals surface area contributed by atoms with Crippen LogP contribution in [0.25, 0.3) is 0 Å². The van der Waals surface area contributed by atoms with Gasteiger partial charge in [-0.2, -0.15) is 0 Å². The van der Waals surface area contributed by atoms with Crippen molar-refractivity contribution < 1.29 is 19.8 Å². The van der Waals surface area contributed by atoms with Crippen LogP contribution >= 0.6 is 22.6 Å². The van der Waals surface area contributed by atoms with Crippen molar-refractivity contribution in [3.05, 3.63) is 27.3 Å². The van der Waals surface area contributed by atoms with E-state index in [4.69, 9.17) is 5.11 Å². The minimum absolute atomic E-state index is 0.00630. The second-order valence-electron chi connectivity index (χ2n) is 4.63. The van der Waals surface area contributed by atoms with E-state index in [1.165, 1.54) is 6.07 Å². The number of aliphatic carboxylic acids is 1. The summed E-state index contributed by atoms with van der Waals surface area (Å²) in [7, 11) is 0. The first-order valence-corrected chi connectivity index (χ1v) is 7.27. The third-order valence-corrected chi connectivity index (χ3v) is 4.12. The van der Waals surface area contributed by atoms with Gasteiger partial charge in [0, 0.05) is 31.7 Å². The lowest BCUT2D eigenvalue weighted by atomic mass is 10.1. The highest BCUT2D eigenvalue weighted by Crippen LogP contribution is 2.21. The fraction of sp³-hybridized carbons (Fsp3) is 0.385. The molecular formula is C13H15IN2O4. The molecule has 108 valence electrons. The van der Waals surface area contributed by atoms with E-state index in [2.05, 4.69) is 0 Å². The molecular weight excluding hydrogens is 375 g/mol.